The number of hydrogen-bond acceptors (Lipinski definition) is 4. The Kier molecular flexibility index (Phi) is 6.67. The number of fused-ring (bicyclic) bond motifs is 2. The summed E-state index contributed by atoms with van der Waals surface area (Å²) in [6, 6.07) is 10.8. The molecule has 2 amide bonds. The van der Waals surface area contributed by atoms with Crippen LogP contribution in [-0.4, -0.2) is 58.5 Å². The molecular weight excluding hydrogens is 418 g/mol. The zero-order valence-corrected chi connectivity index (χ0v) is 19.5. The van der Waals surface area contributed by atoms with E-state index in [2.05, 4.69) is 12.2 Å². The fourth-order valence-electron chi connectivity index (χ4n) is 4.76. The van der Waals surface area contributed by atoms with Gasteiger partial charge in [-0.1, -0.05) is 30.4 Å². The molecule has 2 aliphatic heterocycles. The van der Waals surface area contributed by atoms with Crippen molar-refractivity contribution in [1.82, 2.24) is 14.4 Å². The average molecular weight is 450 g/mol. The molecule has 2 aliphatic rings. The number of likely N-dealkylation sites (N-methyl/N-ethyl adjacent to an activating group) is 1. The summed E-state index contributed by atoms with van der Waals surface area (Å²) in [5.41, 5.74) is 1.69. The number of nitrogens with zero attached hydrogens (tertiary/aromatic N) is 3. The van der Waals surface area contributed by atoms with Crippen LogP contribution in [0.3, 0.4) is 0 Å². The lowest BCUT2D eigenvalue weighted by Crippen LogP contribution is -2.58. The third-order valence-electron chi connectivity index (χ3n) is 6.89. The molecule has 2 aromatic rings. The molecule has 0 N–H and O–H groups in total. The van der Waals surface area contributed by atoms with Crippen molar-refractivity contribution in [1.29, 1.82) is 0 Å². The van der Waals surface area contributed by atoms with E-state index in [9.17, 15) is 14.4 Å². The summed E-state index contributed by atoms with van der Waals surface area (Å²) in [6.07, 6.45) is 7.03. The van der Waals surface area contributed by atoms with Crippen molar-refractivity contribution < 1.29 is 14.3 Å². The van der Waals surface area contributed by atoms with Crippen molar-refractivity contribution >= 4 is 11.8 Å². The Labute approximate surface area is 194 Å². The Balaban J connectivity index is 1.67. The first-order chi connectivity index (χ1) is 15.9. The maximum atomic E-state index is 13.5. The molecule has 2 atom stereocenters. The highest BCUT2D eigenvalue weighted by Crippen LogP contribution is 2.27. The van der Waals surface area contributed by atoms with E-state index in [1.54, 1.807) is 36.0 Å². The van der Waals surface area contributed by atoms with Crippen LogP contribution in [0.15, 0.2) is 53.3 Å². The number of amides is 2. The maximum absolute atomic E-state index is 13.5. The highest BCUT2D eigenvalue weighted by Gasteiger charge is 2.38. The Bertz CT molecular complexity index is 1140. The molecule has 0 radical (unpaired) electrons. The summed E-state index contributed by atoms with van der Waals surface area (Å²) >= 11 is 0. The molecule has 0 spiro atoms. The molecule has 1 aromatic heterocycles. The molecule has 33 heavy (non-hydrogen) atoms. The van der Waals surface area contributed by atoms with Gasteiger partial charge in [-0.05, 0) is 56.4 Å². The highest BCUT2D eigenvalue weighted by molar-refractivity contribution is 5.94. The first-order valence-electron chi connectivity index (χ1n) is 11.5. The minimum Gasteiger partial charge on any atom is -0.483 e. The van der Waals surface area contributed by atoms with E-state index in [4.69, 9.17) is 4.74 Å². The number of aryl methyl sites for hydroxylation is 1. The number of rotatable bonds is 1. The normalized spacial score (nSPS) is 22.3. The number of allylic oxidation sites excluding steroid dienone is 1. The molecule has 7 heteroatoms. The summed E-state index contributed by atoms with van der Waals surface area (Å²) in [5, 5.41) is 0. The van der Waals surface area contributed by atoms with Crippen LogP contribution in [0.1, 0.15) is 40.9 Å². The van der Waals surface area contributed by atoms with Crippen LogP contribution in [0.4, 0.5) is 0 Å². The lowest BCUT2D eigenvalue weighted by Gasteiger charge is -2.44. The molecule has 0 saturated carbocycles. The third kappa shape index (κ3) is 4.58. The van der Waals surface area contributed by atoms with Crippen LogP contribution in [-0.2, 0) is 18.3 Å². The molecule has 1 aromatic carbocycles. The van der Waals surface area contributed by atoms with Crippen molar-refractivity contribution in [2.24, 2.45) is 7.05 Å². The molecule has 1 saturated heterocycles. The van der Waals surface area contributed by atoms with Gasteiger partial charge in [-0.25, -0.2) is 0 Å². The molecule has 3 heterocycles. The Hall–Kier alpha value is -3.35. The van der Waals surface area contributed by atoms with Crippen LogP contribution in [0.5, 0.6) is 5.75 Å². The number of para-hydroxylation sites is 1. The summed E-state index contributed by atoms with van der Waals surface area (Å²) in [6.45, 7) is 2.35. The van der Waals surface area contributed by atoms with E-state index in [0.717, 1.165) is 29.8 Å². The van der Waals surface area contributed by atoms with Gasteiger partial charge in [-0.15, -0.1) is 0 Å². The second-order valence-corrected chi connectivity index (χ2v) is 8.84. The van der Waals surface area contributed by atoms with E-state index in [1.165, 1.54) is 4.57 Å². The second kappa shape index (κ2) is 9.65. The van der Waals surface area contributed by atoms with Gasteiger partial charge in [0.1, 0.15) is 11.3 Å². The number of aromatic nitrogens is 1. The van der Waals surface area contributed by atoms with Gasteiger partial charge in [0.05, 0.1) is 12.1 Å². The number of likely N-dealkylation sites (tertiary alicyclic amines) is 1. The van der Waals surface area contributed by atoms with Gasteiger partial charge in [-0.3, -0.25) is 14.4 Å². The monoisotopic (exact) mass is 449 g/mol. The van der Waals surface area contributed by atoms with Crippen LogP contribution in [0.2, 0.25) is 0 Å². The molecule has 0 bridgehead atoms. The molecule has 0 aliphatic carbocycles. The first kappa shape index (κ1) is 22.8. The quantitative estimate of drug-likeness (QED) is 0.628. The van der Waals surface area contributed by atoms with Crippen molar-refractivity contribution in [3.8, 4) is 5.75 Å². The molecule has 174 valence electrons. The van der Waals surface area contributed by atoms with E-state index < -0.39 is 0 Å². The predicted molar refractivity (Wildman–Crippen MR) is 126 cm³/mol. The fourth-order valence-corrected chi connectivity index (χ4v) is 4.76. The van der Waals surface area contributed by atoms with Crippen molar-refractivity contribution in [2.75, 3.05) is 20.2 Å². The zero-order valence-electron chi connectivity index (χ0n) is 19.5. The standard InChI is InChI=1S/C26H31N3O4/c1-18-14-15-20(25(31)27(18)2)26(32)29-16-8-12-21-22(29)11-6-4-9-19-10-5-7-13-23(19)33-17-24(30)28(21)3/h4-7,10,13-15,21-22H,8-9,11-12,16-17H2,1-3H3/b6-4+/t21-,22-/m1/s1. The number of benzene rings is 1. The van der Waals surface area contributed by atoms with E-state index in [1.807, 2.05) is 31.2 Å². The second-order valence-electron chi connectivity index (χ2n) is 8.84. The number of carbonyl (C=O) groups is 2. The van der Waals surface area contributed by atoms with E-state index >= 15 is 0 Å². The number of piperidine rings is 1. The molecule has 0 unspecified atom stereocenters. The summed E-state index contributed by atoms with van der Waals surface area (Å²) in [7, 11) is 3.46. The number of hydrogen-bond donors (Lipinski definition) is 0. The van der Waals surface area contributed by atoms with Crippen LogP contribution < -0.4 is 10.3 Å². The highest BCUT2D eigenvalue weighted by atomic mass is 16.5. The van der Waals surface area contributed by atoms with Gasteiger partial charge in [0.15, 0.2) is 6.61 Å². The SMILES string of the molecule is Cc1ccc(C(=O)N2CCC[C@@H]3[C@H]2C/C=C/Cc2ccccc2OCC(=O)N3C)c(=O)n1C. The maximum Gasteiger partial charge on any atom is 0.263 e. The lowest BCUT2D eigenvalue weighted by atomic mass is 9.91. The topological polar surface area (TPSA) is 71.8 Å². The fraction of sp³-hybridized carbons (Fsp3) is 0.423. The predicted octanol–water partition coefficient (Wildman–Crippen LogP) is 2.71. The van der Waals surface area contributed by atoms with Gasteiger partial charge < -0.3 is 19.1 Å². The number of ether oxygens (including phenoxy) is 1. The molecule has 7 nitrogen and oxygen atoms in total. The molecule has 1 fully saturated rings. The first-order valence-corrected chi connectivity index (χ1v) is 11.5. The molecular formula is C26H31N3O4. The largest absolute Gasteiger partial charge is 0.483 e. The number of carbonyl (C=O) groups excluding carboxylic acids is 2. The third-order valence-corrected chi connectivity index (χ3v) is 6.89. The summed E-state index contributed by atoms with van der Waals surface area (Å²) in [4.78, 5) is 42.8. The van der Waals surface area contributed by atoms with Crippen LogP contribution in [0, 0.1) is 6.92 Å². The Morgan fingerprint density at radius 3 is 2.64 bits per heavy atom. The summed E-state index contributed by atoms with van der Waals surface area (Å²) in [5.74, 6) is 0.329. The van der Waals surface area contributed by atoms with Crippen molar-refractivity contribution in [3.05, 3.63) is 75.7 Å². The van der Waals surface area contributed by atoms with Gasteiger partial charge in [0.2, 0.25) is 0 Å². The minimum absolute atomic E-state index is 0.0487. The van der Waals surface area contributed by atoms with Gasteiger partial charge in [0.25, 0.3) is 17.4 Å². The van der Waals surface area contributed by atoms with Crippen LogP contribution >= 0.6 is 0 Å². The van der Waals surface area contributed by atoms with E-state index in [0.29, 0.717) is 19.4 Å². The van der Waals surface area contributed by atoms with Gasteiger partial charge in [-0.2, -0.15) is 0 Å². The summed E-state index contributed by atoms with van der Waals surface area (Å²) < 4.78 is 7.36. The minimum atomic E-state index is -0.291. The zero-order chi connectivity index (χ0) is 23.5. The van der Waals surface area contributed by atoms with Crippen LogP contribution in [0.25, 0.3) is 0 Å². The van der Waals surface area contributed by atoms with Crippen molar-refractivity contribution in [3.63, 3.8) is 0 Å². The lowest BCUT2D eigenvalue weighted by molar-refractivity contribution is -0.136. The number of pyridine rings is 1. The van der Waals surface area contributed by atoms with Gasteiger partial charge in [0, 0.05) is 26.3 Å². The molecule has 4 rings (SSSR count). The average Bonchev–Trinajstić information content (AvgIpc) is 2.82. The Morgan fingerprint density at radius 2 is 1.82 bits per heavy atom. The smallest absolute Gasteiger partial charge is 0.263 e. The van der Waals surface area contributed by atoms with E-state index in [-0.39, 0.29) is 41.6 Å². The Morgan fingerprint density at radius 1 is 1.03 bits per heavy atom. The van der Waals surface area contributed by atoms with Gasteiger partial charge >= 0.3 is 0 Å². The van der Waals surface area contributed by atoms with Crippen molar-refractivity contribution in [2.45, 2.75) is 44.7 Å².